The van der Waals surface area contributed by atoms with Crippen LogP contribution in [0.2, 0.25) is 0 Å². The van der Waals surface area contributed by atoms with Gasteiger partial charge < -0.3 is 15.3 Å². The molecule has 3 aromatic rings. The Balaban J connectivity index is 1.48. The molecule has 2 aromatic carbocycles. The van der Waals surface area contributed by atoms with Gasteiger partial charge in [-0.25, -0.2) is 0 Å². The Morgan fingerprint density at radius 2 is 1.60 bits per heavy atom. The number of carboxylic acids is 1. The van der Waals surface area contributed by atoms with Crippen LogP contribution < -0.4 is 5.32 Å². The van der Waals surface area contributed by atoms with Crippen LogP contribution in [0, 0.1) is 0 Å². The normalized spacial score (nSPS) is 11.3. The van der Waals surface area contributed by atoms with Crippen molar-refractivity contribution in [2.45, 2.75) is 26.5 Å². The molecule has 0 saturated carbocycles. The summed E-state index contributed by atoms with van der Waals surface area (Å²) in [5.74, 6) is -0.797. The molecule has 0 aliphatic heterocycles. The van der Waals surface area contributed by atoms with Crippen molar-refractivity contribution in [1.29, 1.82) is 0 Å². The number of pyridine rings is 1. The number of aromatic nitrogens is 1. The number of oxime groups is 1. The molecule has 6 heteroatoms. The zero-order chi connectivity index (χ0) is 21.2. The fourth-order valence-corrected chi connectivity index (χ4v) is 2.89. The number of aliphatic carboxylic acids is 1. The van der Waals surface area contributed by atoms with Crippen molar-refractivity contribution >= 4 is 11.7 Å². The smallest absolute Gasteiger partial charge is 0.304 e. The molecular weight excluding hydrogens is 378 g/mol. The van der Waals surface area contributed by atoms with E-state index in [1.807, 2.05) is 55.5 Å². The Hall–Kier alpha value is -3.51. The van der Waals surface area contributed by atoms with Gasteiger partial charge >= 0.3 is 5.97 Å². The van der Waals surface area contributed by atoms with Crippen LogP contribution in [0.5, 0.6) is 0 Å². The average Bonchev–Trinajstić information content (AvgIpc) is 2.78. The number of nitrogens with zero attached hydrogens (tertiary/aromatic N) is 2. The van der Waals surface area contributed by atoms with Crippen LogP contribution in [-0.2, 0) is 22.8 Å². The van der Waals surface area contributed by atoms with E-state index in [1.165, 1.54) is 0 Å². The monoisotopic (exact) mass is 403 g/mol. The molecule has 3 rings (SSSR count). The number of hydrogen-bond acceptors (Lipinski definition) is 5. The Kier molecular flexibility index (Phi) is 7.69. The predicted molar refractivity (Wildman–Crippen MR) is 117 cm³/mol. The van der Waals surface area contributed by atoms with Crippen molar-refractivity contribution in [3.05, 3.63) is 89.7 Å². The quantitative estimate of drug-likeness (QED) is 0.300. The number of carbonyl (C=O) groups is 1. The third-order valence-electron chi connectivity index (χ3n) is 4.62. The minimum Gasteiger partial charge on any atom is -0.481 e. The summed E-state index contributed by atoms with van der Waals surface area (Å²) in [6.07, 6.45) is 3.69. The molecule has 0 aliphatic carbocycles. The molecule has 0 spiro atoms. The van der Waals surface area contributed by atoms with Crippen molar-refractivity contribution < 1.29 is 14.7 Å². The van der Waals surface area contributed by atoms with Gasteiger partial charge in [-0.15, -0.1) is 0 Å². The van der Waals surface area contributed by atoms with Gasteiger partial charge in [0.05, 0.1) is 12.1 Å². The second kappa shape index (κ2) is 10.9. The van der Waals surface area contributed by atoms with Crippen LogP contribution in [0.4, 0.5) is 0 Å². The van der Waals surface area contributed by atoms with Crippen LogP contribution >= 0.6 is 0 Å². The molecule has 0 radical (unpaired) electrons. The highest BCUT2D eigenvalue weighted by molar-refractivity contribution is 5.98. The molecular formula is C24H25N3O3. The summed E-state index contributed by atoms with van der Waals surface area (Å²) < 4.78 is 0. The van der Waals surface area contributed by atoms with Gasteiger partial charge in [0.25, 0.3) is 0 Å². The maximum atomic E-state index is 10.5. The second-order valence-electron chi connectivity index (χ2n) is 6.90. The lowest BCUT2D eigenvalue weighted by Crippen LogP contribution is -2.17. The fourth-order valence-electron chi connectivity index (χ4n) is 2.89. The molecule has 0 amide bonds. The molecule has 0 fully saturated rings. The maximum absolute atomic E-state index is 10.5. The van der Waals surface area contributed by atoms with Crippen LogP contribution in [0.15, 0.2) is 78.2 Å². The van der Waals surface area contributed by atoms with E-state index in [1.54, 1.807) is 12.4 Å². The zero-order valence-corrected chi connectivity index (χ0v) is 16.9. The summed E-state index contributed by atoms with van der Waals surface area (Å²) in [5.41, 5.74) is 6.19. The minimum atomic E-state index is -0.797. The molecule has 1 aromatic heterocycles. The first-order valence-electron chi connectivity index (χ1n) is 9.79. The number of rotatable bonds is 10. The van der Waals surface area contributed by atoms with Crippen molar-refractivity contribution in [2.75, 3.05) is 6.54 Å². The van der Waals surface area contributed by atoms with Gasteiger partial charge in [0, 0.05) is 25.5 Å². The van der Waals surface area contributed by atoms with E-state index < -0.39 is 5.97 Å². The largest absolute Gasteiger partial charge is 0.481 e. The number of carboxylic acid groups (broad SMARTS) is 1. The first-order chi connectivity index (χ1) is 14.6. The van der Waals surface area contributed by atoms with E-state index in [4.69, 9.17) is 9.94 Å². The van der Waals surface area contributed by atoms with Crippen LogP contribution in [0.1, 0.15) is 30.0 Å². The lowest BCUT2D eigenvalue weighted by Gasteiger charge is -2.06. The molecule has 0 aliphatic rings. The van der Waals surface area contributed by atoms with Crippen molar-refractivity contribution in [3.8, 4) is 11.1 Å². The summed E-state index contributed by atoms with van der Waals surface area (Å²) in [4.78, 5) is 20.1. The summed E-state index contributed by atoms with van der Waals surface area (Å²) in [7, 11) is 0. The summed E-state index contributed by atoms with van der Waals surface area (Å²) in [6.45, 7) is 3.40. The maximum Gasteiger partial charge on any atom is 0.304 e. The zero-order valence-electron chi connectivity index (χ0n) is 16.9. The van der Waals surface area contributed by atoms with Gasteiger partial charge in [-0.05, 0) is 46.9 Å². The summed E-state index contributed by atoms with van der Waals surface area (Å²) in [5, 5.41) is 16.0. The summed E-state index contributed by atoms with van der Waals surface area (Å²) >= 11 is 0. The minimum absolute atomic E-state index is 0.119. The molecule has 2 N–H and O–H groups in total. The Bertz CT molecular complexity index is 969. The highest BCUT2D eigenvalue weighted by Gasteiger charge is 2.02. The van der Waals surface area contributed by atoms with Crippen molar-refractivity contribution in [1.82, 2.24) is 10.3 Å². The first kappa shape index (κ1) is 21.2. The van der Waals surface area contributed by atoms with Gasteiger partial charge in [0.15, 0.2) is 0 Å². The van der Waals surface area contributed by atoms with E-state index in [2.05, 4.69) is 27.6 Å². The van der Waals surface area contributed by atoms with E-state index in [0.29, 0.717) is 19.7 Å². The van der Waals surface area contributed by atoms with Gasteiger partial charge in [-0.3, -0.25) is 9.78 Å². The SMILES string of the molecule is C/C(=N\OCc1ccc(-c2ccncc2)cc1)c1ccc(CNCCC(=O)O)cc1. The molecule has 0 atom stereocenters. The molecule has 30 heavy (non-hydrogen) atoms. The van der Waals surface area contributed by atoms with E-state index in [9.17, 15) is 4.79 Å². The van der Waals surface area contributed by atoms with E-state index >= 15 is 0 Å². The lowest BCUT2D eigenvalue weighted by molar-refractivity contribution is -0.136. The van der Waals surface area contributed by atoms with E-state index in [0.717, 1.165) is 33.5 Å². The van der Waals surface area contributed by atoms with Gasteiger partial charge in [-0.2, -0.15) is 0 Å². The highest BCUT2D eigenvalue weighted by atomic mass is 16.6. The Morgan fingerprint density at radius 1 is 0.967 bits per heavy atom. The number of benzene rings is 2. The van der Waals surface area contributed by atoms with Crippen molar-refractivity contribution in [3.63, 3.8) is 0 Å². The average molecular weight is 403 g/mol. The Labute approximate surface area is 176 Å². The molecule has 154 valence electrons. The van der Waals surface area contributed by atoms with Crippen molar-refractivity contribution in [2.24, 2.45) is 5.16 Å². The van der Waals surface area contributed by atoms with Gasteiger partial charge in [0.2, 0.25) is 0 Å². The molecule has 0 saturated heterocycles. The predicted octanol–water partition coefficient (Wildman–Crippen LogP) is 4.25. The molecule has 0 bridgehead atoms. The van der Waals surface area contributed by atoms with Crippen LogP contribution in [0.25, 0.3) is 11.1 Å². The number of nitrogens with one attached hydrogen (secondary N) is 1. The third-order valence-corrected chi connectivity index (χ3v) is 4.62. The van der Waals surface area contributed by atoms with Crippen LogP contribution in [-0.4, -0.2) is 28.3 Å². The van der Waals surface area contributed by atoms with Gasteiger partial charge in [0.1, 0.15) is 6.61 Å². The highest BCUT2D eigenvalue weighted by Crippen LogP contribution is 2.19. The molecule has 6 nitrogen and oxygen atoms in total. The lowest BCUT2D eigenvalue weighted by atomic mass is 10.1. The summed E-state index contributed by atoms with van der Waals surface area (Å²) in [6, 6.07) is 20.1. The topological polar surface area (TPSA) is 83.8 Å². The third kappa shape index (κ3) is 6.53. The van der Waals surface area contributed by atoms with Gasteiger partial charge in [-0.1, -0.05) is 53.7 Å². The number of hydrogen-bond donors (Lipinski definition) is 2. The molecule has 0 unspecified atom stereocenters. The second-order valence-corrected chi connectivity index (χ2v) is 6.90. The molecule has 1 heterocycles. The van der Waals surface area contributed by atoms with E-state index in [-0.39, 0.29) is 6.42 Å². The fraction of sp³-hybridized carbons (Fsp3) is 0.208. The Morgan fingerprint density at radius 3 is 2.27 bits per heavy atom. The first-order valence-corrected chi connectivity index (χ1v) is 9.79. The van der Waals surface area contributed by atoms with Crippen LogP contribution in [0.3, 0.4) is 0 Å². The standard InChI is InChI=1S/C24H25N3O3/c1-18(21-6-2-19(3-7-21)16-26-15-12-24(28)29)27-30-17-20-4-8-22(9-5-20)23-10-13-25-14-11-23/h2-11,13-14,26H,12,15-17H2,1H3,(H,28,29)/b27-18+.